The van der Waals surface area contributed by atoms with E-state index < -0.39 is 24.6 Å². The summed E-state index contributed by atoms with van der Waals surface area (Å²) in [5, 5.41) is 0.322. The van der Waals surface area contributed by atoms with Crippen LogP contribution in [-0.4, -0.2) is 25.4 Å². The third kappa shape index (κ3) is 5.66. The molecule has 0 heterocycles. The van der Waals surface area contributed by atoms with Crippen LogP contribution in [0.3, 0.4) is 0 Å². The molecule has 102 valence electrons. The maximum Gasteiger partial charge on any atom is 0.411 e. The Bertz CT molecular complexity index is 397. The second-order valence-electron chi connectivity index (χ2n) is 3.83. The minimum absolute atomic E-state index is 0.147. The Morgan fingerprint density at radius 2 is 2.00 bits per heavy atom. The lowest BCUT2D eigenvalue weighted by molar-refractivity contribution is -0.174. The van der Waals surface area contributed by atoms with Crippen LogP contribution in [0.5, 0.6) is 0 Å². The molecule has 0 aliphatic heterocycles. The molecule has 1 aromatic carbocycles. The summed E-state index contributed by atoms with van der Waals surface area (Å²) in [4.78, 5) is 0. The zero-order chi connectivity index (χ0) is 13.8. The van der Waals surface area contributed by atoms with Crippen molar-refractivity contribution in [3.63, 3.8) is 0 Å². The van der Waals surface area contributed by atoms with E-state index in [1.807, 2.05) is 0 Å². The fourth-order valence-corrected chi connectivity index (χ4v) is 1.56. The lowest BCUT2D eigenvalue weighted by Gasteiger charge is -2.14. The van der Waals surface area contributed by atoms with Crippen molar-refractivity contribution >= 4 is 11.6 Å². The largest absolute Gasteiger partial charge is 0.411 e. The molecule has 0 bridgehead atoms. The quantitative estimate of drug-likeness (QED) is 0.844. The standard InChI is InChI=1S/C11H12ClF4NO/c12-10-2-1-8(13)3-7(10)4-9(17)5-18-6-11(14,15)16/h1-3,9H,4-6,17H2. The average Bonchev–Trinajstić information content (AvgIpc) is 2.21. The molecule has 1 aromatic rings. The highest BCUT2D eigenvalue weighted by molar-refractivity contribution is 6.31. The van der Waals surface area contributed by atoms with Crippen LogP contribution < -0.4 is 5.73 Å². The predicted octanol–water partition coefficient (Wildman–Crippen LogP) is 2.93. The molecule has 18 heavy (non-hydrogen) atoms. The van der Waals surface area contributed by atoms with E-state index in [1.165, 1.54) is 18.2 Å². The molecule has 0 fully saturated rings. The fraction of sp³-hybridized carbons (Fsp3) is 0.455. The van der Waals surface area contributed by atoms with E-state index in [1.54, 1.807) is 0 Å². The summed E-state index contributed by atoms with van der Waals surface area (Å²) >= 11 is 5.80. The van der Waals surface area contributed by atoms with Crippen molar-refractivity contribution in [3.05, 3.63) is 34.6 Å². The van der Waals surface area contributed by atoms with E-state index in [9.17, 15) is 17.6 Å². The number of benzene rings is 1. The van der Waals surface area contributed by atoms with Crippen LogP contribution in [0.25, 0.3) is 0 Å². The molecule has 0 aliphatic carbocycles. The van der Waals surface area contributed by atoms with Gasteiger partial charge in [0.15, 0.2) is 0 Å². The van der Waals surface area contributed by atoms with Crippen LogP contribution in [0.4, 0.5) is 17.6 Å². The van der Waals surface area contributed by atoms with Crippen LogP contribution in [0.1, 0.15) is 5.56 Å². The lowest BCUT2D eigenvalue weighted by Crippen LogP contribution is -2.31. The van der Waals surface area contributed by atoms with Gasteiger partial charge in [0.05, 0.1) is 6.61 Å². The minimum atomic E-state index is -4.38. The molecule has 7 heteroatoms. The van der Waals surface area contributed by atoms with Gasteiger partial charge in [0, 0.05) is 11.1 Å². The van der Waals surface area contributed by atoms with Crippen molar-refractivity contribution in [2.75, 3.05) is 13.2 Å². The molecule has 0 aromatic heterocycles. The van der Waals surface area contributed by atoms with Crippen molar-refractivity contribution in [3.8, 4) is 0 Å². The Morgan fingerprint density at radius 1 is 1.33 bits per heavy atom. The van der Waals surface area contributed by atoms with Gasteiger partial charge in [-0.1, -0.05) is 11.6 Å². The third-order valence-electron chi connectivity index (χ3n) is 2.09. The number of hydrogen-bond donors (Lipinski definition) is 1. The number of halogens is 5. The van der Waals surface area contributed by atoms with Crippen LogP contribution in [0, 0.1) is 5.82 Å². The Kier molecular flexibility index (Phi) is 5.37. The average molecular weight is 286 g/mol. The second kappa shape index (κ2) is 6.36. The highest BCUT2D eigenvalue weighted by Gasteiger charge is 2.27. The van der Waals surface area contributed by atoms with Crippen LogP contribution in [0.2, 0.25) is 5.02 Å². The Morgan fingerprint density at radius 3 is 2.61 bits per heavy atom. The molecule has 2 nitrogen and oxygen atoms in total. The summed E-state index contributed by atoms with van der Waals surface area (Å²) in [6.45, 7) is -1.62. The zero-order valence-corrected chi connectivity index (χ0v) is 10.1. The SMILES string of the molecule is NC(COCC(F)(F)F)Cc1cc(F)ccc1Cl. The normalized spacial score (nSPS) is 13.7. The molecule has 0 amide bonds. The van der Waals surface area contributed by atoms with Gasteiger partial charge in [-0.25, -0.2) is 4.39 Å². The molecule has 0 saturated heterocycles. The first-order valence-corrected chi connectivity index (χ1v) is 5.50. The molecule has 0 spiro atoms. The maximum atomic E-state index is 12.9. The smallest absolute Gasteiger partial charge is 0.370 e. The topological polar surface area (TPSA) is 35.2 Å². The van der Waals surface area contributed by atoms with Crippen molar-refractivity contribution in [2.24, 2.45) is 5.73 Å². The first-order valence-electron chi connectivity index (χ1n) is 5.12. The van der Waals surface area contributed by atoms with E-state index in [4.69, 9.17) is 17.3 Å². The summed E-state index contributed by atoms with van der Waals surface area (Å²) in [5.41, 5.74) is 6.02. The summed E-state index contributed by atoms with van der Waals surface area (Å²) in [7, 11) is 0. The first kappa shape index (κ1) is 15.2. The van der Waals surface area contributed by atoms with Crippen LogP contribution >= 0.6 is 11.6 Å². The summed E-state index contributed by atoms with van der Waals surface area (Å²) in [5.74, 6) is -0.474. The van der Waals surface area contributed by atoms with Crippen molar-refractivity contribution < 1.29 is 22.3 Å². The molecular weight excluding hydrogens is 274 g/mol. The van der Waals surface area contributed by atoms with Gasteiger partial charge in [0.1, 0.15) is 12.4 Å². The molecule has 0 saturated carbocycles. The molecule has 2 N–H and O–H groups in total. The molecule has 1 rings (SSSR count). The summed E-state index contributed by atoms with van der Waals surface area (Å²) in [6.07, 6.45) is -4.23. The number of nitrogens with two attached hydrogens (primary N) is 1. The van der Waals surface area contributed by atoms with Gasteiger partial charge in [-0.2, -0.15) is 13.2 Å². The second-order valence-corrected chi connectivity index (χ2v) is 4.24. The monoisotopic (exact) mass is 285 g/mol. The number of alkyl halides is 3. The van der Waals surface area contributed by atoms with Gasteiger partial charge in [0.2, 0.25) is 0 Å². The minimum Gasteiger partial charge on any atom is -0.370 e. The van der Waals surface area contributed by atoms with Gasteiger partial charge >= 0.3 is 6.18 Å². The molecule has 1 unspecified atom stereocenters. The summed E-state index contributed by atoms with van der Waals surface area (Å²) in [6, 6.07) is 3.09. The van der Waals surface area contributed by atoms with Gasteiger partial charge < -0.3 is 10.5 Å². The number of ether oxygens (including phenoxy) is 1. The van der Waals surface area contributed by atoms with E-state index in [0.717, 1.165) is 0 Å². The van der Waals surface area contributed by atoms with Crippen molar-refractivity contribution in [2.45, 2.75) is 18.6 Å². The van der Waals surface area contributed by atoms with Gasteiger partial charge in [-0.05, 0) is 30.2 Å². The number of hydrogen-bond acceptors (Lipinski definition) is 2. The van der Waals surface area contributed by atoms with Crippen molar-refractivity contribution in [1.29, 1.82) is 0 Å². The highest BCUT2D eigenvalue weighted by Crippen LogP contribution is 2.19. The summed E-state index contributed by atoms with van der Waals surface area (Å²) < 4.78 is 52.8. The molecule has 0 radical (unpaired) electrons. The van der Waals surface area contributed by atoms with Gasteiger partial charge in [0.25, 0.3) is 0 Å². The number of rotatable bonds is 5. The van der Waals surface area contributed by atoms with Gasteiger partial charge in [-0.15, -0.1) is 0 Å². The molecule has 0 aliphatic rings. The van der Waals surface area contributed by atoms with E-state index >= 15 is 0 Å². The van der Waals surface area contributed by atoms with Crippen LogP contribution in [-0.2, 0) is 11.2 Å². The third-order valence-corrected chi connectivity index (χ3v) is 2.46. The lowest BCUT2D eigenvalue weighted by atomic mass is 10.1. The predicted molar refractivity (Wildman–Crippen MR) is 60.0 cm³/mol. The van der Waals surface area contributed by atoms with Crippen molar-refractivity contribution in [1.82, 2.24) is 0 Å². The van der Waals surface area contributed by atoms with Gasteiger partial charge in [-0.3, -0.25) is 0 Å². The maximum absolute atomic E-state index is 12.9. The highest BCUT2D eigenvalue weighted by atomic mass is 35.5. The molecule has 1 atom stereocenters. The van der Waals surface area contributed by atoms with E-state index in [0.29, 0.717) is 10.6 Å². The van der Waals surface area contributed by atoms with Crippen LogP contribution in [0.15, 0.2) is 18.2 Å². The first-order chi connectivity index (χ1) is 8.28. The van der Waals surface area contributed by atoms with E-state index in [-0.39, 0.29) is 13.0 Å². The Labute approximate surface area is 107 Å². The fourth-order valence-electron chi connectivity index (χ4n) is 1.37. The molecular formula is C11H12ClF4NO. The Hall–Kier alpha value is -0.850. The Balaban J connectivity index is 2.44. The zero-order valence-electron chi connectivity index (χ0n) is 9.31. The van der Waals surface area contributed by atoms with E-state index in [2.05, 4.69) is 4.74 Å².